The molecule has 3 atom stereocenters. The summed E-state index contributed by atoms with van der Waals surface area (Å²) < 4.78 is 5.58. The zero-order valence-corrected chi connectivity index (χ0v) is 11.8. The molecular formula is C18H21NO. The largest absolute Gasteiger partial charge is 0.378 e. The van der Waals surface area contributed by atoms with Gasteiger partial charge >= 0.3 is 0 Å². The van der Waals surface area contributed by atoms with Gasteiger partial charge < -0.3 is 10.1 Å². The van der Waals surface area contributed by atoms with Crippen molar-refractivity contribution in [1.82, 2.24) is 5.32 Å². The molecule has 0 aliphatic carbocycles. The predicted octanol–water partition coefficient (Wildman–Crippen LogP) is 3.00. The maximum Gasteiger partial charge on any atom is 0.0854 e. The van der Waals surface area contributed by atoms with Crippen LogP contribution in [0.15, 0.2) is 60.7 Å². The summed E-state index contributed by atoms with van der Waals surface area (Å²) in [7, 11) is 1.81. The van der Waals surface area contributed by atoms with Crippen molar-refractivity contribution < 1.29 is 4.74 Å². The Kier molecular flexibility index (Phi) is 4.14. The summed E-state index contributed by atoms with van der Waals surface area (Å²) in [6.45, 7) is 0.958. The molecule has 2 aromatic carbocycles. The number of benzene rings is 2. The first kappa shape index (κ1) is 13.3. The van der Waals surface area contributed by atoms with Crippen LogP contribution in [0.5, 0.6) is 0 Å². The molecule has 1 aliphatic rings. The van der Waals surface area contributed by atoms with Crippen LogP contribution in [0.4, 0.5) is 0 Å². The monoisotopic (exact) mass is 267 g/mol. The number of ether oxygens (including phenoxy) is 1. The lowest BCUT2D eigenvalue weighted by atomic mass is 9.80. The highest BCUT2D eigenvalue weighted by atomic mass is 16.5. The van der Waals surface area contributed by atoms with Crippen molar-refractivity contribution in [3.63, 3.8) is 0 Å². The molecular weight excluding hydrogens is 246 g/mol. The quantitative estimate of drug-likeness (QED) is 0.899. The third kappa shape index (κ3) is 2.77. The number of rotatable bonds is 5. The molecule has 1 fully saturated rings. The summed E-state index contributed by atoms with van der Waals surface area (Å²) in [5, 5.41) is 3.54. The minimum absolute atomic E-state index is 0.323. The van der Waals surface area contributed by atoms with E-state index in [0.717, 1.165) is 13.0 Å². The molecule has 0 saturated carbocycles. The van der Waals surface area contributed by atoms with Crippen LogP contribution in [0, 0.1) is 0 Å². The van der Waals surface area contributed by atoms with Crippen LogP contribution in [0.3, 0.4) is 0 Å². The fraction of sp³-hybridized carbons (Fsp3) is 0.333. The Balaban J connectivity index is 1.84. The van der Waals surface area contributed by atoms with Gasteiger partial charge in [-0.1, -0.05) is 60.7 Å². The van der Waals surface area contributed by atoms with E-state index < -0.39 is 0 Å². The highest BCUT2D eigenvalue weighted by molar-refractivity contribution is 5.27. The zero-order valence-electron chi connectivity index (χ0n) is 11.8. The molecule has 1 saturated heterocycles. The molecule has 20 heavy (non-hydrogen) atoms. The standard InChI is InChI=1S/C18H21NO/c1-20-17-13-19-18(17)16(15-10-6-3-7-11-15)12-14-8-4-2-5-9-14/h2-11,16-19H,12-13H2,1H3/t16?,17?,18-/m1/s1. The summed E-state index contributed by atoms with van der Waals surface area (Å²) in [4.78, 5) is 0. The Morgan fingerprint density at radius 2 is 1.70 bits per heavy atom. The van der Waals surface area contributed by atoms with Gasteiger partial charge in [0.15, 0.2) is 0 Å². The van der Waals surface area contributed by atoms with Gasteiger partial charge in [-0.25, -0.2) is 0 Å². The summed E-state index contributed by atoms with van der Waals surface area (Å²) in [5.74, 6) is 0.456. The maximum atomic E-state index is 5.58. The lowest BCUT2D eigenvalue weighted by Crippen LogP contribution is -2.61. The van der Waals surface area contributed by atoms with Gasteiger partial charge in [0.05, 0.1) is 6.10 Å². The topological polar surface area (TPSA) is 21.3 Å². The second kappa shape index (κ2) is 6.21. The van der Waals surface area contributed by atoms with Gasteiger partial charge in [0.25, 0.3) is 0 Å². The van der Waals surface area contributed by atoms with Gasteiger partial charge in [0.1, 0.15) is 0 Å². The maximum absolute atomic E-state index is 5.58. The van der Waals surface area contributed by atoms with Crippen molar-refractivity contribution in [2.24, 2.45) is 0 Å². The normalized spacial score (nSPS) is 23.1. The van der Waals surface area contributed by atoms with Gasteiger partial charge in [-0.3, -0.25) is 0 Å². The highest BCUT2D eigenvalue weighted by Gasteiger charge is 2.37. The van der Waals surface area contributed by atoms with Crippen molar-refractivity contribution in [2.45, 2.75) is 24.5 Å². The summed E-state index contributed by atoms with van der Waals surface area (Å²) in [6, 6.07) is 21.9. The minimum Gasteiger partial charge on any atom is -0.378 e. The molecule has 2 aromatic rings. The van der Waals surface area contributed by atoms with Crippen LogP contribution in [0.25, 0.3) is 0 Å². The van der Waals surface area contributed by atoms with Crippen LogP contribution in [-0.4, -0.2) is 25.8 Å². The van der Waals surface area contributed by atoms with Crippen molar-refractivity contribution in [3.8, 4) is 0 Å². The minimum atomic E-state index is 0.323. The molecule has 2 heteroatoms. The van der Waals surface area contributed by atoms with E-state index in [1.807, 2.05) is 7.11 Å². The molecule has 0 amide bonds. The van der Waals surface area contributed by atoms with Crippen LogP contribution < -0.4 is 5.32 Å². The molecule has 2 unspecified atom stereocenters. The third-order valence-electron chi connectivity index (χ3n) is 4.22. The first-order valence-corrected chi connectivity index (χ1v) is 7.23. The second-order valence-corrected chi connectivity index (χ2v) is 5.42. The Bertz CT molecular complexity index is 524. The van der Waals surface area contributed by atoms with Crippen LogP contribution in [0.2, 0.25) is 0 Å². The van der Waals surface area contributed by atoms with E-state index in [1.165, 1.54) is 11.1 Å². The van der Waals surface area contributed by atoms with E-state index in [1.54, 1.807) is 0 Å². The fourth-order valence-electron chi connectivity index (χ4n) is 3.00. The van der Waals surface area contributed by atoms with E-state index in [0.29, 0.717) is 18.1 Å². The molecule has 0 spiro atoms. The average Bonchev–Trinajstić information content (AvgIpc) is 2.48. The number of hydrogen-bond donors (Lipinski definition) is 1. The Morgan fingerprint density at radius 3 is 2.25 bits per heavy atom. The predicted molar refractivity (Wildman–Crippen MR) is 81.9 cm³/mol. The first-order valence-electron chi connectivity index (χ1n) is 7.23. The van der Waals surface area contributed by atoms with Crippen molar-refractivity contribution in [1.29, 1.82) is 0 Å². The lowest BCUT2D eigenvalue weighted by molar-refractivity contribution is 0.00535. The van der Waals surface area contributed by atoms with Crippen molar-refractivity contribution in [2.75, 3.05) is 13.7 Å². The number of methoxy groups -OCH3 is 1. The first-order chi connectivity index (χ1) is 9.88. The number of hydrogen-bond acceptors (Lipinski definition) is 2. The second-order valence-electron chi connectivity index (χ2n) is 5.42. The molecule has 3 rings (SSSR count). The highest BCUT2D eigenvalue weighted by Crippen LogP contribution is 2.30. The van der Waals surface area contributed by atoms with Gasteiger partial charge in [-0.05, 0) is 17.5 Å². The van der Waals surface area contributed by atoms with E-state index in [2.05, 4.69) is 66.0 Å². The van der Waals surface area contributed by atoms with Crippen LogP contribution in [-0.2, 0) is 11.2 Å². The smallest absolute Gasteiger partial charge is 0.0854 e. The Morgan fingerprint density at radius 1 is 1.05 bits per heavy atom. The Hall–Kier alpha value is -1.64. The molecule has 0 bridgehead atoms. The zero-order chi connectivity index (χ0) is 13.8. The van der Waals surface area contributed by atoms with E-state index in [9.17, 15) is 0 Å². The molecule has 2 nitrogen and oxygen atoms in total. The van der Waals surface area contributed by atoms with Crippen LogP contribution in [0.1, 0.15) is 17.0 Å². The SMILES string of the molecule is COC1CN[C@@H]1C(Cc1ccccc1)c1ccccc1. The van der Waals surface area contributed by atoms with Gasteiger partial charge in [0, 0.05) is 25.6 Å². The fourth-order valence-corrected chi connectivity index (χ4v) is 3.00. The van der Waals surface area contributed by atoms with Crippen molar-refractivity contribution >= 4 is 0 Å². The lowest BCUT2D eigenvalue weighted by Gasteiger charge is -2.42. The van der Waals surface area contributed by atoms with E-state index in [-0.39, 0.29) is 0 Å². The summed E-state index contributed by atoms with van der Waals surface area (Å²) in [5.41, 5.74) is 2.76. The molecule has 1 aliphatic heterocycles. The molecule has 1 heterocycles. The molecule has 1 N–H and O–H groups in total. The number of nitrogens with one attached hydrogen (secondary N) is 1. The average molecular weight is 267 g/mol. The summed E-state index contributed by atoms with van der Waals surface area (Å²) in [6.07, 6.45) is 1.37. The van der Waals surface area contributed by atoms with Gasteiger partial charge in [-0.15, -0.1) is 0 Å². The van der Waals surface area contributed by atoms with Gasteiger partial charge in [-0.2, -0.15) is 0 Å². The molecule has 104 valence electrons. The van der Waals surface area contributed by atoms with Crippen molar-refractivity contribution in [3.05, 3.63) is 71.8 Å². The van der Waals surface area contributed by atoms with Crippen LogP contribution >= 0.6 is 0 Å². The van der Waals surface area contributed by atoms with E-state index >= 15 is 0 Å². The third-order valence-corrected chi connectivity index (χ3v) is 4.22. The molecule has 0 aromatic heterocycles. The van der Waals surface area contributed by atoms with Gasteiger partial charge in [0.2, 0.25) is 0 Å². The Labute approximate surface area is 120 Å². The summed E-state index contributed by atoms with van der Waals surface area (Å²) >= 11 is 0. The molecule has 0 radical (unpaired) electrons. The van der Waals surface area contributed by atoms with E-state index in [4.69, 9.17) is 4.74 Å².